The normalized spacial score (nSPS) is 15.3. The number of aromatic nitrogens is 3. The molecule has 0 aliphatic carbocycles. The quantitative estimate of drug-likeness (QED) is 0.784. The van der Waals surface area contributed by atoms with E-state index in [2.05, 4.69) is 50.3 Å². The topological polar surface area (TPSA) is 44.8 Å². The Morgan fingerprint density at radius 1 is 1.29 bits per heavy atom. The maximum Gasteiger partial charge on any atom is 0.125 e. The Morgan fingerprint density at radius 3 is 3.14 bits per heavy atom. The molecular formula is C17H18N4. The largest absolute Gasteiger partial charge is 0.361 e. The van der Waals surface area contributed by atoms with Crippen LogP contribution in [0.5, 0.6) is 0 Å². The maximum absolute atomic E-state index is 4.55. The highest BCUT2D eigenvalue weighted by molar-refractivity contribution is 5.82. The molecule has 0 fully saturated rings. The molecule has 0 amide bonds. The Bertz CT molecular complexity index is 790. The van der Waals surface area contributed by atoms with Gasteiger partial charge in [0.15, 0.2) is 0 Å². The molecule has 3 heterocycles. The van der Waals surface area contributed by atoms with Crippen molar-refractivity contribution in [1.29, 1.82) is 0 Å². The highest BCUT2D eigenvalue weighted by Gasteiger charge is 2.18. The minimum atomic E-state index is 0.874. The first-order valence-corrected chi connectivity index (χ1v) is 7.38. The molecule has 0 bridgehead atoms. The van der Waals surface area contributed by atoms with Crippen LogP contribution in [0.2, 0.25) is 0 Å². The van der Waals surface area contributed by atoms with Crippen LogP contribution in [-0.4, -0.2) is 26.4 Å². The molecule has 0 unspecified atom stereocenters. The fourth-order valence-corrected chi connectivity index (χ4v) is 3.11. The van der Waals surface area contributed by atoms with Crippen molar-refractivity contribution < 1.29 is 0 Å². The highest BCUT2D eigenvalue weighted by atomic mass is 15.1. The predicted octanol–water partition coefficient (Wildman–Crippen LogP) is 2.82. The lowest BCUT2D eigenvalue weighted by Crippen LogP contribution is -2.30. The molecule has 1 aliphatic rings. The van der Waals surface area contributed by atoms with E-state index in [0.29, 0.717) is 0 Å². The summed E-state index contributed by atoms with van der Waals surface area (Å²) in [5.74, 6) is 0.874. The van der Waals surface area contributed by atoms with Crippen LogP contribution >= 0.6 is 0 Å². The summed E-state index contributed by atoms with van der Waals surface area (Å²) in [7, 11) is 0. The maximum atomic E-state index is 4.55. The molecule has 0 atom stereocenters. The molecule has 21 heavy (non-hydrogen) atoms. The van der Waals surface area contributed by atoms with Gasteiger partial charge in [-0.05, 0) is 18.6 Å². The van der Waals surface area contributed by atoms with Gasteiger partial charge in [-0.3, -0.25) is 4.90 Å². The molecule has 0 spiro atoms. The van der Waals surface area contributed by atoms with Gasteiger partial charge in [-0.2, -0.15) is 0 Å². The number of rotatable bonds is 2. The predicted molar refractivity (Wildman–Crippen MR) is 82.9 cm³/mol. The summed E-state index contributed by atoms with van der Waals surface area (Å²) in [5, 5.41) is 1.32. The van der Waals surface area contributed by atoms with Crippen LogP contribution in [0, 0.1) is 6.92 Å². The van der Waals surface area contributed by atoms with Crippen LogP contribution < -0.4 is 0 Å². The number of benzene rings is 1. The van der Waals surface area contributed by atoms with Crippen molar-refractivity contribution in [3.8, 4) is 0 Å². The molecule has 106 valence electrons. The smallest absolute Gasteiger partial charge is 0.125 e. The highest BCUT2D eigenvalue weighted by Crippen LogP contribution is 2.23. The molecule has 2 aromatic heterocycles. The molecule has 1 N–H and O–H groups in total. The van der Waals surface area contributed by atoms with Gasteiger partial charge in [-0.1, -0.05) is 18.2 Å². The first-order valence-electron chi connectivity index (χ1n) is 7.38. The molecule has 0 saturated heterocycles. The molecule has 1 aliphatic heterocycles. The third-order valence-corrected chi connectivity index (χ3v) is 4.20. The van der Waals surface area contributed by atoms with E-state index >= 15 is 0 Å². The number of fused-ring (bicyclic) bond motifs is 2. The van der Waals surface area contributed by atoms with Crippen LogP contribution in [0.3, 0.4) is 0 Å². The van der Waals surface area contributed by atoms with Crippen molar-refractivity contribution >= 4 is 10.9 Å². The number of hydrogen-bond donors (Lipinski definition) is 1. The van der Waals surface area contributed by atoms with Gasteiger partial charge in [0.2, 0.25) is 0 Å². The average molecular weight is 278 g/mol. The lowest BCUT2D eigenvalue weighted by molar-refractivity contribution is 0.243. The van der Waals surface area contributed by atoms with Crippen molar-refractivity contribution in [3.63, 3.8) is 0 Å². The zero-order chi connectivity index (χ0) is 14.2. The number of aromatic amines is 1. The number of hydrogen-bond acceptors (Lipinski definition) is 3. The third-order valence-electron chi connectivity index (χ3n) is 4.20. The second kappa shape index (κ2) is 4.97. The van der Waals surface area contributed by atoms with Crippen LogP contribution in [0.25, 0.3) is 10.9 Å². The van der Waals surface area contributed by atoms with Crippen molar-refractivity contribution in [3.05, 3.63) is 59.3 Å². The fraction of sp³-hybridized carbons (Fsp3) is 0.294. The minimum Gasteiger partial charge on any atom is -0.361 e. The van der Waals surface area contributed by atoms with Crippen molar-refractivity contribution in [1.82, 2.24) is 19.9 Å². The molecule has 3 aromatic rings. The first kappa shape index (κ1) is 12.5. The van der Waals surface area contributed by atoms with E-state index in [9.17, 15) is 0 Å². The lowest BCUT2D eigenvalue weighted by Gasteiger charge is -2.27. The monoisotopic (exact) mass is 278 g/mol. The molecule has 4 heteroatoms. The molecule has 4 nitrogen and oxygen atoms in total. The number of nitrogens with zero attached hydrogens (tertiary/aromatic N) is 3. The Labute approximate surface area is 123 Å². The summed E-state index contributed by atoms with van der Waals surface area (Å²) in [5.41, 5.74) is 5.07. The summed E-state index contributed by atoms with van der Waals surface area (Å²) in [4.78, 5) is 14.7. The van der Waals surface area contributed by atoms with Gasteiger partial charge in [0.05, 0.1) is 0 Å². The van der Waals surface area contributed by atoms with E-state index in [4.69, 9.17) is 0 Å². The summed E-state index contributed by atoms with van der Waals surface area (Å²) >= 11 is 0. The molecule has 1 aromatic carbocycles. The fourth-order valence-electron chi connectivity index (χ4n) is 3.11. The number of para-hydroxylation sites is 1. The third kappa shape index (κ3) is 2.32. The van der Waals surface area contributed by atoms with E-state index in [-0.39, 0.29) is 0 Å². The van der Waals surface area contributed by atoms with Gasteiger partial charge in [-0.25, -0.2) is 9.97 Å². The molecular weight excluding hydrogens is 260 g/mol. The zero-order valence-corrected chi connectivity index (χ0v) is 12.1. The van der Waals surface area contributed by atoms with Gasteiger partial charge in [-0.15, -0.1) is 0 Å². The van der Waals surface area contributed by atoms with E-state index < -0.39 is 0 Å². The Kier molecular flexibility index (Phi) is 2.97. The summed E-state index contributed by atoms with van der Waals surface area (Å²) in [6, 6.07) is 8.48. The van der Waals surface area contributed by atoms with Crippen molar-refractivity contribution in [2.24, 2.45) is 0 Å². The van der Waals surface area contributed by atoms with Gasteiger partial charge in [0.25, 0.3) is 0 Å². The standard InChI is InChI=1S/C17H18N4/c1-12-18-9-14-11-21(7-6-16(14)20-12)10-13-8-19-17-5-3-2-4-15(13)17/h2-5,8-9,19H,6-7,10-11H2,1H3. The number of H-pyrrole nitrogens is 1. The van der Waals surface area contributed by atoms with E-state index in [0.717, 1.165) is 31.9 Å². The summed E-state index contributed by atoms with van der Waals surface area (Å²) < 4.78 is 0. The van der Waals surface area contributed by atoms with Crippen molar-refractivity contribution in [2.45, 2.75) is 26.4 Å². The van der Waals surface area contributed by atoms with Gasteiger partial charge < -0.3 is 4.98 Å². The van der Waals surface area contributed by atoms with E-state index in [1.54, 1.807) is 0 Å². The Morgan fingerprint density at radius 2 is 2.19 bits per heavy atom. The molecule has 0 radical (unpaired) electrons. The summed E-state index contributed by atoms with van der Waals surface area (Å²) in [6.07, 6.45) is 5.13. The Balaban J connectivity index is 1.57. The first-order chi connectivity index (χ1) is 10.3. The lowest BCUT2D eigenvalue weighted by atomic mass is 10.1. The van der Waals surface area contributed by atoms with Gasteiger partial charge in [0, 0.05) is 60.6 Å². The Hall–Kier alpha value is -2.20. The SMILES string of the molecule is Cc1ncc2c(n1)CCN(Cc1c[nH]c3ccccc13)C2. The van der Waals surface area contributed by atoms with E-state index in [1.165, 1.54) is 27.7 Å². The molecule has 4 rings (SSSR count). The van der Waals surface area contributed by atoms with Crippen LogP contribution in [0.1, 0.15) is 22.6 Å². The van der Waals surface area contributed by atoms with Gasteiger partial charge >= 0.3 is 0 Å². The van der Waals surface area contributed by atoms with E-state index in [1.807, 2.05) is 13.1 Å². The van der Waals surface area contributed by atoms with Crippen LogP contribution in [0.4, 0.5) is 0 Å². The molecule has 0 saturated carbocycles. The zero-order valence-electron chi connectivity index (χ0n) is 12.1. The van der Waals surface area contributed by atoms with Gasteiger partial charge in [0.1, 0.15) is 5.82 Å². The second-order valence-electron chi connectivity index (χ2n) is 5.71. The number of nitrogens with one attached hydrogen (secondary N) is 1. The van der Waals surface area contributed by atoms with Crippen LogP contribution in [0.15, 0.2) is 36.7 Å². The van der Waals surface area contributed by atoms with Crippen LogP contribution in [-0.2, 0) is 19.5 Å². The summed E-state index contributed by atoms with van der Waals surface area (Å²) in [6.45, 7) is 4.92. The minimum absolute atomic E-state index is 0.874. The average Bonchev–Trinajstić information content (AvgIpc) is 2.91. The number of aryl methyl sites for hydroxylation is 1. The second-order valence-corrected chi connectivity index (χ2v) is 5.71. The van der Waals surface area contributed by atoms with Crippen molar-refractivity contribution in [2.75, 3.05) is 6.54 Å².